The molecule has 28 heavy (non-hydrogen) atoms. The third kappa shape index (κ3) is 5.28. The lowest BCUT2D eigenvalue weighted by Gasteiger charge is -2.17. The molecule has 6 heteroatoms. The number of ether oxygens (including phenoxy) is 2. The zero-order valence-electron chi connectivity index (χ0n) is 16.4. The van der Waals surface area contributed by atoms with Crippen molar-refractivity contribution in [2.75, 3.05) is 12.4 Å². The van der Waals surface area contributed by atoms with Gasteiger partial charge in [0, 0.05) is 5.69 Å². The summed E-state index contributed by atoms with van der Waals surface area (Å²) >= 11 is 6.35. The number of nitrogens with one attached hydrogen (secondary N) is 1. The fourth-order valence-corrected chi connectivity index (χ4v) is 2.70. The molecule has 2 aromatic carbocycles. The number of benzene rings is 2. The van der Waals surface area contributed by atoms with Crippen LogP contribution in [0.4, 0.5) is 5.69 Å². The second-order valence-electron chi connectivity index (χ2n) is 6.31. The Kier molecular flexibility index (Phi) is 7.48. The van der Waals surface area contributed by atoms with E-state index in [0.717, 1.165) is 12.0 Å². The summed E-state index contributed by atoms with van der Waals surface area (Å²) in [7, 11) is 1.51. The third-order valence-corrected chi connectivity index (χ3v) is 4.50. The first kappa shape index (κ1) is 21.3. The monoisotopic (exact) mass is 398 g/mol. The van der Waals surface area contributed by atoms with Crippen molar-refractivity contribution in [2.45, 2.75) is 33.3 Å². The molecule has 5 nitrogen and oxygen atoms in total. The van der Waals surface area contributed by atoms with E-state index >= 15 is 0 Å². The fourth-order valence-electron chi connectivity index (χ4n) is 2.44. The predicted molar refractivity (Wildman–Crippen MR) is 112 cm³/mol. The maximum Gasteiger partial charge on any atom is 0.266 e. The number of nitrogens with zero attached hydrogens (tertiary/aromatic N) is 1. The van der Waals surface area contributed by atoms with E-state index < -0.39 is 5.91 Å². The van der Waals surface area contributed by atoms with Crippen LogP contribution in [-0.2, 0) is 4.79 Å². The Bertz CT molecular complexity index is 932. The van der Waals surface area contributed by atoms with Crippen LogP contribution in [0.2, 0.25) is 5.02 Å². The molecule has 0 unspecified atom stereocenters. The maximum atomic E-state index is 12.5. The molecule has 0 saturated heterocycles. The minimum Gasteiger partial charge on any atom is -0.493 e. The number of methoxy groups -OCH3 is 1. The zero-order chi connectivity index (χ0) is 20.7. The number of nitriles is 1. The van der Waals surface area contributed by atoms with E-state index in [4.69, 9.17) is 21.1 Å². The molecule has 1 N–H and O–H groups in total. The highest BCUT2D eigenvalue weighted by atomic mass is 35.5. The molecule has 2 aromatic rings. The summed E-state index contributed by atoms with van der Waals surface area (Å²) in [6.45, 7) is 5.83. The van der Waals surface area contributed by atoms with Gasteiger partial charge in [-0.3, -0.25) is 4.79 Å². The molecule has 0 aliphatic rings. The van der Waals surface area contributed by atoms with E-state index in [-0.39, 0.29) is 11.7 Å². The Morgan fingerprint density at radius 1 is 1.36 bits per heavy atom. The fraction of sp³-hybridized carbons (Fsp3) is 0.273. The van der Waals surface area contributed by atoms with Crippen LogP contribution in [0.3, 0.4) is 0 Å². The molecule has 0 aliphatic heterocycles. The number of aryl methyl sites for hydroxylation is 1. The van der Waals surface area contributed by atoms with Crippen molar-refractivity contribution in [2.24, 2.45) is 0 Å². The number of anilines is 1. The Morgan fingerprint density at radius 2 is 2.07 bits per heavy atom. The average Bonchev–Trinajstić information content (AvgIpc) is 2.69. The number of hydrogen-bond donors (Lipinski definition) is 1. The van der Waals surface area contributed by atoms with Crippen LogP contribution in [0, 0.1) is 18.3 Å². The van der Waals surface area contributed by atoms with E-state index in [1.807, 2.05) is 45.0 Å². The lowest BCUT2D eigenvalue weighted by Crippen LogP contribution is -2.14. The smallest absolute Gasteiger partial charge is 0.266 e. The van der Waals surface area contributed by atoms with Crippen molar-refractivity contribution in [3.8, 4) is 17.6 Å². The Morgan fingerprint density at radius 3 is 2.68 bits per heavy atom. The van der Waals surface area contributed by atoms with Gasteiger partial charge in [0.15, 0.2) is 11.5 Å². The van der Waals surface area contributed by atoms with Crippen LogP contribution < -0.4 is 14.8 Å². The Balaban J connectivity index is 2.33. The van der Waals surface area contributed by atoms with Crippen molar-refractivity contribution < 1.29 is 14.3 Å². The molecule has 146 valence electrons. The van der Waals surface area contributed by atoms with Crippen LogP contribution in [0.1, 0.15) is 31.4 Å². The topological polar surface area (TPSA) is 71.3 Å². The van der Waals surface area contributed by atoms with Gasteiger partial charge >= 0.3 is 0 Å². The Hall–Kier alpha value is -2.97. The molecule has 0 spiro atoms. The zero-order valence-corrected chi connectivity index (χ0v) is 17.1. The molecule has 1 atom stereocenters. The summed E-state index contributed by atoms with van der Waals surface area (Å²) in [6.07, 6.45) is 2.26. The lowest BCUT2D eigenvalue weighted by atomic mass is 10.1. The van der Waals surface area contributed by atoms with Gasteiger partial charge in [-0.1, -0.05) is 36.7 Å². The molecule has 0 heterocycles. The molecule has 0 radical (unpaired) electrons. The van der Waals surface area contributed by atoms with E-state index in [1.165, 1.54) is 13.2 Å². The highest BCUT2D eigenvalue weighted by molar-refractivity contribution is 6.32. The number of halogens is 1. The van der Waals surface area contributed by atoms with Crippen molar-refractivity contribution in [1.29, 1.82) is 5.26 Å². The quantitative estimate of drug-likeness (QED) is 0.502. The van der Waals surface area contributed by atoms with E-state index in [2.05, 4.69) is 5.32 Å². The molecule has 0 fully saturated rings. The predicted octanol–water partition coefficient (Wildman–Crippen LogP) is 5.38. The van der Waals surface area contributed by atoms with Gasteiger partial charge in [-0.05, 0) is 55.7 Å². The number of rotatable bonds is 7. The van der Waals surface area contributed by atoms with Crippen LogP contribution >= 0.6 is 11.6 Å². The normalized spacial score (nSPS) is 12.1. The molecule has 2 rings (SSSR count). The van der Waals surface area contributed by atoms with E-state index in [0.29, 0.717) is 27.8 Å². The molecule has 0 aliphatic carbocycles. The number of carbonyl (C=O) groups is 1. The minimum atomic E-state index is -0.494. The first-order valence-corrected chi connectivity index (χ1v) is 9.30. The van der Waals surface area contributed by atoms with Gasteiger partial charge in [0.1, 0.15) is 11.6 Å². The summed E-state index contributed by atoms with van der Waals surface area (Å²) in [5.41, 5.74) is 2.08. The summed E-state index contributed by atoms with van der Waals surface area (Å²) in [5, 5.41) is 12.5. The lowest BCUT2D eigenvalue weighted by molar-refractivity contribution is -0.112. The Labute approximate surface area is 170 Å². The number of hydrogen-bond acceptors (Lipinski definition) is 4. The maximum absolute atomic E-state index is 12.5. The molecule has 1 amide bonds. The standard InChI is InChI=1S/C22H23ClN2O3/c1-5-15(3)28-21-18(23)11-16(12-20(21)27-4)10-17(13-24)22(26)25-19-9-7-6-8-14(19)2/h6-12,15H,5H2,1-4H3,(H,25,26)/b17-10-/t15-/m1/s1. The van der Waals surface area contributed by atoms with Crippen LogP contribution in [0.25, 0.3) is 6.08 Å². The van der Waals surface area contributed by atoms with Crippen molar-refractivity contribution in [3.63, 3.8) is 0 Å². The highest BCUT2D eigenvalue weighted by Crippen LogP contribution is 2.38. The van der Waals surface area contributed by atoms with E-state index in [9.17, 15) is 10.1 Å². The SMILES string of the molecule is CC[C@@H](C)Oc1c(Cl)cc(/C=C(/C#N)C(=O)Nc2ccccc2C)cc1OC. The highest BCUT2D eigenvalue weighted by Gasteiger charge is 2.16. The van der Waals surface area contributed by atoms with Gasteiger partial charge in [-0.15, -0.1) is 0 Å². The minimum absolute atomic E-state index is 0.0256. The number of amides is 1. The van der Waals surface area contributed by atoms with Crippen LogP contribution in [0.5, 0.6) is 11.5 Å². The molecular formula is C22H23ClN2O3. The van der Waals surface area contributed by atoms with E-state index in [1.54, 1.807) is 18.2 Å². The van der Waals surface area contributed by atoms with Crippen LogP contribution in [0.15, 0.2) is 42.0 Å². The summed E-state index contributed by atoms with van der Waals surface area (Å²) in [6, 6.07) is 12.6. The second kappa shape index (κ2) is 9.82. The third-order valence-electron chi connectivity index (χ3n) is 4.22. The molecular weight excluding hydrogens is 376 g/mol. The van der Waals surface area contributed by atoms with Gasteiger partial charge in [-0.25, -0.2) is 0 Å². The summed E-state index contributed by atoms with van der Waals surface area (Å²) in [4.78, 5) is 12.5. The summed E-state index contributed by atoms with van der Waals surface area (Å²) < 4.78 is 11.2. The van der Waals surface area contributed by atoms with Gasteiger partial charge in [0.25, 0.3) is 5.91 Å². The number of para-hydroxylation sites is 1. The first-order chi connectivity index (χ1) is 13.4. The number of carbonyl (C=O) groups excluding carboxylic acids is 1. The van der Waals surface area contributed by atoms with Crippen molar-refractivity contribution in [1.82, 2.24) is 0 Å². The first-order valence-electron chi connectivity index (χ1n) is 8.92. The molecule has 0 aromatic heterocycles. The largest absolute Gasteiger partial charge is 0.493 e. The second-order valence-corrected chi connectivity index (χ2v) is 6.72. The van der Waals surface area contributed by atoms with Crippen molar-refractivity contribution >= 4 is 29.3 Å². The summed E-state index contributed by atoms with van der Waals surface area (Å²) in [5.74, 6) is 0.390. The van der Waals surface area contributed by atoms with Gasteiger partial charge < -0.3 is 14.8 Å². The average molecular weight is 399 g/mol. The van der Waals surface area contributed by atoms with Gasteiger partial charge in [0.05, 0.1) is 18.2 Å². The van der Waals surface area contributed by atoms with Crippen molar-refractivity contribution in [3.05, 3.63) is 58.1 Å². The van der Waals surface area contributed by atoms with Gasteiger partial charge in [0.2, 0.25) is 0 Å². The molecule has 0 saturated carbocycles. The van der Waals surface area contributed by atoms with Gasteiger partial charge in [-0.2, -0.15) is 5.26 Å². The van der Waals surface area contributed by atoms with Crippen LogP contribution in [-0.4, -0.2) is 19.1 Å². The molecule has 0 bridgehead atoms.